The van der Waals surface area contributed by atoms with Gasteiger partial charge in [0.1, 0.15) is 5.84 Å². The number of hydrogen-bond donors (Lipinski definition) is 1. The van der Waals surface area contributed by atoms with E-state index in [1.165, 1.54) is 0 Å². The molecule has 2 N–H and O–H groups in total. The SMILES string of the molecule is NC(CCl)=Nc1ccc2c(c1)C(=O)c1ccccc1C2=O. The van der Waals surface area contributed by atoms with E-state index in [0.29, 0.717) is 27.9 Å². The van der Waals surface area contributed by atoms with Crippen molar-refractivity contribution in [2.75, 3.05) is 5.88 Å². The quantitative estimate of drug-likeness (QED) is 0.449. The number of nitrogens with zero attached hydrogens (tertiary/aromatic N) is 1. The lowest BCUT2D eigenvalue weighted by Crippen LogP contribution is -2.20. The van der Waals surface area contributed by atoms with Crippen molar-refractivity contribution in [2.24, 2.45) is 10.7 Å². The van der Waals surface area contributed by atoms with Crippen LogP contribution in [0.25, 0.3) is 0 Å². The Balaban J connectivity index is 2.15. The highest BCUT2D eigenvalue weighted by Gasteiger charge is 2.29. The largest absolute Gasteiger partial charge is 0.386 e. The van der Waals surface area contributed by atoms with Crippen molar-refractivity contribution in [3.05, 3.63) is 64.7 Å². The molecule has 1 aliphatic carbocycles. The third kappa shape index (κ3) is 2.23. The van der Waals surface area contributed by atoms with Crippen molar-refractivity contribution in [1.29, 1.82) is 0 Å². The third-order valence-electron chi connectivity index (χ3n) is 3.32. The minimum atomic E-state index is -0.179. The molecule has 21 heavy (non-hydrogen) atoms. The predicted molar refractivity (Wildman–Crippen MR) is 81.8 cm³/mol. The molecule has 0 saturated carbocycles. The first-order valence-electron chi connectivity index (χ1n) is 6.33. The van der Waals surface area contributed by atoms with Gasteiger partial charge in [0.15, 0.2) is 11.6 Å². The van der Waals surface area contributed by atoms with Crippen LogP contribution < -0.4 is 5.73 Å². The van der Waals surface area contributed by atoms with Gasteiger partial charge in [-0.1, -0.05) is 24.3 Å². The molecule has 0 amide bonds. The number of ketones is 2. The van der Waals surface area contributed by atoms with Crippen molar-refractivity contribution >= 4 is 34.7 Å². The standard InChI is InChI=1S/C16H11ClN2O2/c17-8-14(18)19-9-5-6-12-13(7-9)16(21)11-4-2-1-3-10(11)15(12)20/h1-7H,8H2,(H2,18,19). The van der Waals surface area contributed by atoms with Crippen LogP contribution >= 0.6 is 11.6 Å². The molecule has 3 rings (SSSR count). The van der Waals surface area contributed by atoms with Gasteiger partial charge in [-0.2, -0.15) is 0 Å². The predicted octanol–water partition coefficient (Wildman–Crippen LogP) is 2.69. The number of benzene rings is 2. The van der Waals surface area contributed by atoms with Gasteiger partial charge >= 0.3 is 0 Å². The Hall–Kier alpha value is -2.46. The van der Waals surface area contributed by atoms with Gasteiger partial charge in [0, 0.05) is 22.3 Å². The summed E-state index contributed by atoms with van der Waals surface area (Å²) in [6, 6.07) is 11.6. The summed E-state index contributed by atoms with van der Waals surface area (Å²) < 4.78 is 0. The number of carbonyl (C=O) groups is 2. The van der Waals surface area contributed by atoms with Gasteiger partial charge in [-0.05, 0) is 18.2 Å². The Morgan fingerprint density at radius 2 is 1.52 bits per heavy atom. The average molecular weight is 299 g/mol. The second kappa shape index (κ2) is 5.14. The topological polar surface area (TPSA) is 72.5 Å². The fourth-order valence-corrected chi connectivity index (χ4v) is 2.41. The van der Waals surface area contributed by atoms with Gasteiger partial charge in [-0.25, -0.2) is 4.99 Å². The number of carbonyl (C=O) groups excluding carboxylic acids is 2. The molecule has 1 aliphatic rings. The van der Waals surface area contributed by atoms with Crippen molar-refractivity contribution in [3.8, 4) is 0 Å². The average Bonchev–Trinajstić information content (AvgIpc) is 2.52. The molecule has 0 bridgehead atoms. The van der Waals surface area contributed by atoms with Gasteiger partial charge < -0.3 is 5.73 Å². The van der Waals surface area contributed by atoms with Crippen LogP contribution in [0.2, 0.25) is 0 Å². The van der Waals surface area contributed by atoms with Crippen LogP contribution in [0, 0.1) is 0 Å². The maximum absolute atomic E-state index is 12.5. The first kappa shape index (κ1) is 13.5. The lowest BCUT2D eigenvalue weighted by molar-refractivity contribution is 0.0979. The summed E-state index contributed by atoms with van der Waals surface area (Å²) in [4.78, 5) is 29.0. The van der Waals surface area contributed by atoms with E-state index in [1.807, 2.05) is 0 Å². The molecule has 104 valence electrons. The molecular formula is C16H11ClN2O2. The molecule has 5 heteroatoms. The maximum Gasteiger partial charge on any atom is 0.194 e. The molecule has 2 aromatic rings. The van der Waals surface area contributed by atoms with Crippen LogP contribution in [0.5, 0.6) is 0 Å². The first-order chi connectivity index (χ1) is 10.1. The zero-order valence-electron chi connectivity index (χ0n) is 11.0. The Morgan fingerprint density at radius 3 is 2.14 bits per heavy atom. The summed E-state index contributed by atoms with van der Waals surface area (Å²) in [5.74, 6) is 0.0293. The fourth-order valence-electron chi connectivity index (χ4n) is 2.35. The minimum absolute atomic E-state index is 0.104. The summed E-state index contributed by atoms with van der Waals surface area (Å²) in [5.41, 5.74) is 7.69. The second-order valence-electron chi connectivity index (χ2n) is 4.67. The Bertz CT molecular complexity index is 797. The molecule has 0 fully saturated rings. The molecule has 0 spiro atoms. The van der Waals surface area contributed by atoms with Crippen LogP contribution in [0.15, 0.2) is 47.5 Å². The number of rotatable bonds is 2. The number of amidine groups is 1. The van der Waals surface area contributed by atoms with E-state index >= 15 is 0 Å². The van der Waals surface area contributed by atoms with E-state index in [2.05, 4.69) is 4.99 Å². The molecule has 0 unspecified atom stereocenters. The number of hydrogen-bond acceptors (Lipinski definition) is 3. The van der Waals surface area contributed by atoms with E-state index in [-0.39, 0.29) is 23.3 Å². The van der Waals surface area contributed by atoms with Crippen LogP contribution in [-0.2, 0) is 0 Å². The monoisotopic (exact) mass is 298 g/mol. The molecule has 0 saturated heterocycles. The summed E-state index contributed by atoms with van der Waals surface area (Å²) in [6.45, 7) is 0. The van der Waals surface area contributed by atoms with Crippen LogP contribution in [0.3, 0.4) is 0 Å². The minimum Gasteiger partial charge on any atom is -0.386 e. The first-order valence-corrected chi connectivity index (χ1v) is 6.86. The molecule has 4 nitrogen and oxygen atoms in total. The number of aliphatic imine (C=N–C) groups is 1. The van der Waals surface area contributed by atoms with Crippen molar-refractivity contribution < 1.29 is 9.59 Å². The number of alkyl halides is 1. The smallest absolute Gasteiger partial charge is 0.194 e. The number of nitrogens with two attached hydrogens (primary N) is 1. The number of halogens is 1. The van der Waals surface area contributed by atoms with Gasteiger partial charge in [0.05, 0.1) is 11.6 Å². The molecule has 0 atom stereocenters. The zero-order chi connectivity index (χ0) is 15.0. The molecule has 0 aromatic heterocycles. The highest BCUT2D eigenvalue weighted by molar-refractivity contribution is 6.29. The van der Waals surface area contributed by atoms with E-state index in [1.54, 1.807) is 42.5 Å². The summed E-state index contributed by atoms with van der Waals surface area (Å²) in [7, 11) is 0. The Morgan fingerprint density at radius 1 is 0.952 bits per heavy atom. The van der Waals surface area contributed by atoms with Gasteiger partial charge in [0.2, 0.25) is 0 Å². The second-order valence-corrected chi connectivity index (χ2v) is 4.94. The van der Waals surface area contributed by atoms with Crippen molar-refractivity contribution in [2.45, 2.75) is 0 Å². The normalized spacial score (nSPS) is 13.9. The lowest BCUT2D eigenvalue weighted by Gasteiger charge is -2.17. The Kier molecular flexibility index (Phi) is 3.31. The van der Waals surface area contributed by atoms with E-state index < -0.39 is 0 Å². The van der Waals surface area contributed by atoms with Crippen molar-refractivity contribution in [1.82, 2.24) is 0 Å². The van der Waals surface area contributed by atoms with Crippen LogP contribution in [0.1, 0.15) is 31.8 Å². The van der Waals surface area contributed by atoms with Crippen molar-refractivity contribution in [3.63, 3.8) is 0 Å². The third-order valence-corrected chi connectivity index (χ3v) is 3.59. The van der Waals surface area contributed by atoms with Crippen LogP contribution in [-0.4, -0.2) is 23.3 Å². The van der Waals surface area contributed by atoms with E-state index in [0.717, 1.165) is 0 Å². The van der Waals surface area contributed by atoms with Gasteiger partial charge in [-0.15, -0.1) is 11.6 Å². The molecule has 2 aromatic carbocycles. The fraction of sp³-hybridized carbons (Fsp3) is 0.0625. The Labute approximate surface area is 126 Å². The molecular weight excluding hydrogens is 288 g/mol. The van der Waals surface area contributed by atoms with Crippen LogP contribution in [0.4, 0.5) is 5.69 Å². The highest BCUT2D eigenvalue weighted by Crippen LogP contribution is 2.29. The summed E-state index contributed by atoms with van der Waals surface area (Å²) >= 11 is 5.59. The highest BCUT2D eigenvalue weighted by atomic mass is 35.5. The molecule has 0 heterocycles. The maximum atomic E-state index is 12.5. The van der Waals surface area contributed by atoms with Gasteiger partial charge in [0.25, 0.3) is 0 Å². The molecule has 0 radical (unpaired) electrons. The van der Waals surface area contributed by atoms with Gasteiger partial charge in [-0.3, -0.25) is 9.59 Å². The van der Waals surface area contributed by atoms with E-state index in [9.17, 15) is 9.59 Å². The summed E-state index contributed by atoms with van der Waals surface area (Å²) in [6.07, 6.45) is 0. The molecule has 0 aliphatic heterocycles. The number of fused-ring (bicyclic) bond motifs is 2. The van der Waals surface area contributed by atoms with E-state index in [4.69, 9.17) is 17.3 Å². The lowest BCUT2D eigenvalue weighted by atomic mass is 9.84. The zero-order valence-corrected chi connectivity index (χ0v) is 11.7. The summed E-state index contributed by atoms with van der Waals surface area (Å²) in [5, 5.41) is 0.